The summed E-state index contributed by atoms with van der Waals surface area (Å²) in [6.45, 7) is 0. The second-order valence-electron chi connectivity index (χ2n) is 3.16. The number of halogens is 2. The summed E-state index contributed by atoms with van der Waals surface area (Å²) in [5, 5.41) is 2.89. The van der Waals surface area contributed by atoms with E-state index < -0.39 is 11.8 Å². The summed E-state index contributed by atoms with van der Waals surface area (Å²) in [6.07, 6.45) is 1.45. The third-order valence-corrected chi connectivity index (χ3v) is 2.34. The van der Waals surface area contributed by atoms with Crippen LogP contribution in [0.1, 0.15) is 5.56 Å². The molecule has 0 aliphatic rings. The van der Waals surface area contributed by atoms with Crippen LogP contribution in [0.15, 0.2) is 30.0 Å². The van der Waals surface area contributed by atoms with Crippen LogP contribution in [0.25, 0.3) is 6.08 Å². The molecule has 0 atom stereocenters. The molecule has 0 spiro atoms. The lowest BCUT2D eigenvalue weighted by Gasteiger charge is -2.04. The Labute approximate surface area is 108 Å². The van der Waals surface area contributed by atoms with Crippen LogP contribution >= 0.6 is 23.2 Å². The van der Waals surface area contributed by atoms with E-state index in [1.165, 1.54) is 6.08 Å². The minimum atomic E-state index is -0.738. The molecule has 1 rings (SSSR count). The second kappa shape index (κ2) is 6.27. The molecule has 0 aliphatic heterocycles. The van der Waals surface area contributed by atoms with E-state index in [-0.39, 0.29) is 11.6 Å². The minimum absolute atomic E-state index is 0.0158. The number of benzene rings is 1. The van der Waals surface area contributed by atoms with E-state index in [0.29, 0.717) is 10.6 Å². The number of hydrogen-bond acceptors (Lipinski definition) is 2. The van der Waals surface area contributed by atoms with E-state index in [1.54, 1.807) is 24.3 Å². The molecule has 90 valence electrons. The Bertz CT molecular complexity index is 455. The maximum atomic E-state index is 11.1. The lowest BCUT2D eigenvalue weighted by atomic mass is 10.2. The average molecular weight is 273 g/mol. The van der Waals surface area contributed by atoms with Crippen LogP contribution in [0.2, 0.25) is 5.02 Å². The van der Waals surface area contributed by atoms with Crippen molar-refractivity contribution in [1.82, 2.24) is 5.32 Å². The van der Waals surface area contributed by atoms with Crippen LogP contribution in [0, 0.1) is 0 Å². The first kappa shape index (κ1) is 13.5. The lowest BCUT2D eigenvalue weighted by molar-refractivity contribution is -0.121. The van der Waals surface area contributed by atoms with Crippen molar-refractivity contribution in [2.24, 2.45) is 5.73 Å². The van der Waals surface area contributed by atoms with Gasteiger partial charge in [-0.15, -0.1) is 11.6 Å². The highest BCUT2D eigenvalue weighted by Gasteiger charge is 2.08. The van der Waals surface area contributed by atoms with E-state index >= 15 is 0 Å². The second-order valence-corrected chi connectivity index (χ2v) is 3.86. The molecule has 0 unspecified atom stereocenters. The van der Waals surface area contributed by atoms with E-state index in [2.05, 4.69) is 5.32 Å². The molecule has 1 aromatic carbocycles. The molecule has 0 heterocycles. The van der Waals surface area contributed by atoms with Crippen molar-refractivity contribution in [3.63, 3.8) is 0 Å². The quantitative estimate of drug-likeness (QED) is 0.645. The predicted molar refractivity (Wildman–Crippen MR) is 67.5 cm³/mol. The summed E-state index contributed by atoms with van der Waals surface area (Å²) in [5.74, 6) is -1.48. The first-order valence-electron chi connectivity index (χ1n) is 4.66. The molecule has 2 amide bonds. The van der Waals surface area contributed by atoms with Crippen molar-refractivity contribution in [1.29, 1.82) is 0 Å². The smallest absolute Gasteiger partial charge is 0.265 e. The standard InChI is InChI=1S/C11H10Cl2N2O2/c12-6-10(16)15-9(11(14)17)5-7-1-3-8(13)4-2-7/h1-5H,6H2,(H2,14,17)(H,15,16)/b9-5-. The molecule has 0 saturated carbocycles. The number of alkyl halides is 1. The fourth-order valence-electron chi connectivity index (χ4n) is 1.08. The third kappa shape index (κ3) is 4.46. The number of carbonyl (C=O) groups excluding carboxylic acids is 2. The van der Waals surface area contributed by atoms with Crippen LogP contribution in [0.5, 0.6) is 0 Å². The van der Waals surface area contributed by atoms with Gasteiger partial charge in [0.2, 0.25) is 5.91 Å². The maximum absolute atomic E-state index is 11.1. The molecule has 6 heteroatoms. The normalized spacial score (nSPS) is 11.1. The molecule has 0 radical (unpaired) electrons. The SMILES string of the molecule is NC(=O)/C(=C/c1ccc(Cl)cc1)NC(=O)CCl. The van der Waals surface area contributed by atoms with Crippen LogP contribution in [-0.4, -0.2) is 17.7 Å². The van der Waals surface area contributed by atoms with Gasteiger partial charge in [0.25, 0.3) is 5.91 Å². The summed E-state index contributed by atoms with van der Waals surface area (Å²) in [7, 11) is 0. The molecule has 0 bridgehead atoms. The Morgan fingerprint density at radius 1 is 1.29 bits per heavy atom. The zero-order valence-corrected chi connectivity index (χ0v) is 10.3. The summed E-state index contributed by atoms with van der Waals surface area (Å²) >= 11 is 11.0. The van der Waals surface area contributed by atoms with Gasteiger partial charge in [0.15, 0.2) is 0 Å². The molecule has 0 aromatic heterocycles. The molecule has 3 N–H and O–H groups in total. The fraction of sp³-hybridized carbons (Fsp3) is 0.0909. The lowest BCUT2D eigenvalue weighted by Crippen LogP contribution is -2.31. The largest absolute Gasteiger partial charge is 0.364 e. The van der Waals surface area contributed by atoms with Gasteiger partial charge >= 0.3 is 0 Å². The number of carbonyl (C=O) groups is 2. The zero-order valence-electron chi connectivity index (χ0n) is 8.74. The van der Waals surface area contributed by atoms with Crippen LogP contribution in [0.3, 0.4) is 0 Å². The van der Waals surface area contributed by atoms with E-state index in [1.807, 2.05) is 0 Å². The van der Waals surface area contributed by atoms with Gasteiger partial charge in [0, 0.05) is 5.02 Å². The van der Waals surface area contributed by atoms with E-state index in [9.17, 15) is 9.59 Å². The first-order valence-corrected chi connectivity index (χ1v) is 5.57. The Kier molecular flexibility index (Phi) is 5.00. The zero-order chi connectivity index (χ0) is 12.8. The van der Waals surface area contributed by atoms with Crippen molar-refractivity contribution in [3.8, 4) is 0 Å². The highest BCUT2D eigenvalue weighted by Crippen LogP contribution is 2.11. The molecule has 17 heavy (non-hydrogen) atoms. The van der Waals surface area contributed by atoms with Crippen LogP contribution < -0.4 is 11.1 Å². The highest BCUT2D eigenvalue weighted by molar-refractivity contribution is 6.30. The number of amides is 2. The average Bonchev–Trinajstić information content (AvgIpc) is 2.30. The summed E-state index contributed by atoms with van der Waals surface area (Å²) < 4.78 is 0. The summed E-state index contributed by atoms with van der Waals surface area (Å²) in [5.41, 5.74) is 5.80. The van der Waals surface area contributed by atoms with E-state index in [4.69, 9.17) is 28.9 Å². The van der Waals surface area contributed by atoms with Crippen molar-refractivity contribution in [2.75, 3.05) is 5.88 Å². The topological polar surface area (TPSA) is 72.2 Å². The molecular formula is C11H10Cl2N2O2. The number of primary amides is 1. The molecular weight excluding hydrogens is 263 g/mol. The van der Waals surface area contributed by atoms with Gasteiger partial charge in [-0.3, -0.25) is 9.59 Å². The molecule has 4 nitrogen and oxygen atoms in total. The maximum Gasteiger partial charge on any atom is 0.265 e. The van der Waals surface area contributed by atoms with Gasteiger partial charge in [-0.1, -0.05) is 23.7 Å². The van der Waals surface area contributed by atoms with Gasteiger partial charge in [-0.25, -0.2) is 0 Å². The summed E-state index contributed by atoms with van der Waals surface area (Å²) in [4.78, 5) is 22.2. The number of nitrogens with two attached hydrogens (primary N) is 1. The Hall–Kier alpha value is -1.52. The first-order chi connectivity index (χ1) is 8.02. The summed E-state index contributed by atoms with van der Waals surface area (Å²) in [6, 6.07) is 6.71. The molecule has 0 fully saturated rings. The fourth-order valence-corrected chi connectivity index (χ4v) is 1.27. The van der Waals surface area contributed by atoms with Gasteiger partial charge in [0.1, 0.15) is 11.6 Å². The Morgan fingerprint density at radius 2 is 1.88 bits per heavy atom. The highest BCUT2D eigenvalue weighted by atomic mass is 35.5. The molecule has 1 aromatic rings. The van der Waals surface area contributed by atoms with Gasteiger partial charge in [0.05, 0.1) is 0 Å². The number of rotatable bonds is 4. The van der Waals surface area contributed by atoms with Crippen LogP contribution in [-0.2, 0) is 9.59 Å². The van der Waals surface area contributed by atoms with Crippen molar-refractivity contribution < 1.29 is 9.59 Å². The Morgan fingerprint density at radius 3 is 2.35 bits per heavy atom. The monoisotopic (exact) mass is 272 g/mol. The van der Waals surface area contributed by atoms with Gasteiger partial charge < -0.3 is 11.1 Å². The minimum Gasteiger partial charge on any atom is -0.364 e. The van der Waals surface area contributed by atoms with Crippen molar-refractivity contribution in [3.05, 3.63) is 40.5 Å². The van der Waals surface area contributed by atoms with Crippen molar-refractivity contribution in [2.45, 2.75) is 0 Å². The van der Waals surface area contributed by atoms with Crippen molar-refractivity contribution >= 4 is 41.1 Å². The number of nitrogens with one attached hydrogen (secondary N) is 1. The number of hydrogen-bond donors (Lipinski definition) is 2. The van der Waals surface area contributed by atoms with Gasteiger partial charge in [-0.2, -0.15) is 0 Å². The third-order valence-electron chi connectivity index (χ3n) is 1.84. The molecule has 0 aliphatic carbocycles. The van der Waals surface area contributed by atoms with Gasteiger partial charge in [-0.05, 0) is 23.8 Å². The van der Waals surface area contributed by atoms with Crippen LogP contribution in [0.4, 0.5) is 0 Å². The van der Waals surface area contributed by atoms with E-state index in [0.717, 1.165) is 0 Å². The predicted octanol–water partition coefficient (Wildman–Crippen LogP) is 1.52. The molecule has 0 saturated heterocycles. The Balaban J connectivity index is 2.94.